The van der Waals surface area contributed by atoms with Crippen LogP contribution >= 0.6 is 0 Å². The van der Waals surface area contributed by atoms with Crippen molar-refractivity contribution < 1.29 is 14.3 Å². The van der Waals surface area contributed by atoms with Crippen LogP contribution < -0.4 is 0 Å². The summed E-state index contributed by atoms with van der Waals surface area (Å²) in [5.41, 5.74) is 2.11. The van der Waals surface area contributed by atoms with Crippen molar-refractivity contribution in [3.8, 4) is 5.82 Å². The number of rotatable bonds is 4. The fourth-order valence-electron chi connectivity index (χ4n) is 4.00. The monoisotopic (exact) mass is 369 g/mol. The number of likely N-dealkylation sites (tertiary alicyclic amines) is 1. The minimum absolute atomic E-state index is 0.124. The Balaban J connectivity index is 1.71. The second-order valence-electron chi connectivity index (χ2n) is 7.31. The average Bonchev–Trinajstić information content (AvgIpc) is 2.94. The first kappa shape index (κ1) is 19.1. The Morgan fingerprint density at radius 1 is 1.19 bits per heavy atom. The normalized spacial score (nSPS) is 19.8. The first-order chi connectivity index (χ1) is 12.9. The minimum Gasteiger partial charge on any atom is -0.452 e. The molecule has 6 nitrogen and oxygen atoms in total. The first-order valence-electron chi connectivity index (χ1n) is 9.48. The van der Waals surface area contributed by atoms with Crippen LogP contribution in [0.2, 0.25) is 0 Å². The Hall–Kier alpha value is -2.63. The van der Waals surface area contributed by atoms with E-state index in [4.69, 9.17) is 4.74 Å². The van der Waals surface area contributed by atoms with Gasteiger partial charge in [-0.1, -0.05) is 6.07 Å². The van der Waals surface area contributed by atoms with Gasteiger partial charge in [0.05, 0.1) is 5.56 Å². The Kier molecular flexibility index (Phi) is 5.63. The quantitative estimate of drug-likeness (QED) is 0.775. The Morgan fingerprint density at radius 2 is 1.89 bits per heavy atom. The van der Waals surface area contributed by atoms with E-state index in [1.54, 1.807) is 12.3 Å². The van der Waals surface area contributed by atoms with Gasteiger partial charge >= 0.3 is 5.97 Å². The molecular weight excluding hydrogens is 342 g/mol. The molecule has 0 aromatic carbocycles. The molecule has 1 amide bonds. The van der Waals surface area contributed by atoms with Crippen molar-refractivity contribution in [2.75, 3.05) is 6.61 Å². The minimum atomic E-state index is -0.476. The van der Waals surface area contributed by atoms with Gasteiger partial charge in [-0.2, -0.15) is 0 Å². The largest absolute Gasteiger partial charge is 0.452 e. The predicted molar refractivity (Wildman–Crippen MR) is 103 cm³/mol. The number of carbonyl (C=O) groups is 2. The van der Waals surface area contributed by atoms with Crippen LogP contribution in [0.1, 0.15) is 54.9 Å². The molecule has 1 saturated heterocycles. The van der Waals surface area contributed by atoms with E-state index in [1.165, 1.54) is 0 Å². The third kappa shape index (κ3) is 3.89. The van der Waals surface area contributed by atoms with E-state index in [-0.39, 0.29) is 24.6 Å². The topological polar surface area (TPSA) is 64.4 Å². The number of pyridine rings is 1. The zero-order valence-electron chi connectivity index (χ0n) is 16.4. The molecule has 1 aliphatic rings. The Morgan fingerprint density at radius 3 is 2.52 bits per heavy atom. The maximum atomic E-state index is 12.6. The van der Waals surface area contributed by atoms with Gasteiger partial charge in [0, 0.05) is 29.7 Å². The highest BCUT2D eigenvalue weighted by molar-refractivity contribution is 5.93. The molecule has 144 valence electrons. The van der Waals surface area contributed by atoms with E-state index < -0.39 is 5.97 Å². The second kappa shape index (κ2) is 7.94. The zero-order chi connectivity index (χ0) is 19.6. The van der Waals surface area contributed by atoms with Crippen molar-refractivity contribution in [1.82, 2.24) is 14.5 Å². The highest BCUT2D eigenvalue weighted by atomic mass is 16.5. The molecule has 1 fully saturated rings. The molecule has 6 heteroatoms. The smallest absolute Gasteiger partial charge is 0.340 e. The summed E-state index contributed by atoms with van der Waals surface area (Å²) in [6, 6.07) is 7.80. The van der Waals surface area contributed by atoms with Crippen molar-refractivity contribution >= 4 is 11.9 Å². The SMILES string of the molecule is Cc1cc(C(=O)OCC(=O)N2[C@@H](C)CCC[C@@H]2C)c(C)n1-c1ccccn1. The zero-order valence-corrected chi connectivity index (χ0v) is 16.4. The van der Waals surface area contributed by atoms with Gasteiger partial charge in [0.25, 0.3) is 5.91 Å². The first-order valence-corrected chi connectivity index (χ1v) is 9.48. The summed E-state index contributed by atoms with van der Waals surface area (Å²) in [6.45, 7) is 7.65. The van der Waals surface area contributed by atoms with Gasteiger partial charge < -0.3 is 14.2 Å². The number of piperidine rings is 1. The maximum absolute atomic E-state index is 12.6. The van der Waals surface area contributed by atoms with Crippen LogP contribution in [0.25, 0.3) is 5.82 Å². The van der Waals surface area contributed by atoms with E-state index in [9.17, 15) is 9.59 Å². The number of nitrogens with zero attached hydrogens (tertiary/aromatic N) is 3. The molecule has 2 aromatic rings. The summed E-state index contributed by atoms with van der Waals surface area (Å²) in [5.74, 6) is 0.149. The van der Waals surface area contributed by atoms with Gasteiger partial charge in [-0.3, -0.25) is 4.79 Å². The van der Waals surface area contributed by atoms with Gasteiger partial charge in [0.15, 0.2) is 6.61 Å². The molecule has 2 aromatic heterocycles. The van der Waals surface area contributed by atoms with E-state index >= 15 is 0 Å². The molecule has 0 spiro atoms. The van der Waals surface area contributed by atoms with Gasteiger partial charge in [-0.15, -0.1) is 0 Å². The van der Waals surface area contributed by atoms with Crippen LogP contribution in [-0.4, -0.2) is 45.0 Å². The number of esters is 1. The van der Waals surface area contributed by atoms with Crippen LogP contribution in [0.4, 0.5) is 0 Å². The third-order valence-corrected chi connectivity index (χ3v) is 5.34. The summed E-state index contributed by atoms with van der Waals surface area (Å²) >= 11 is 0. The maximum Gasteiger partial charge on any atom is 0.340 e. The number of aromatic nitrogens is 2. The van der Waals surface area contributed by atoms with Crippen LogP contribution in [0.3, 0.4) is 0 Å². The molecule has 0 radical (unpaired) electrons. The van der Waals surface area contributed by atoms with Gasteiger partial charge in [-0.05, 0) is 65.2 Å². The number of aryl methyl sites for hydroxylation is 1. The molecule has 2 atom stereocenters. The standard InChI is InChI=1S/C21H27N3O3/c1-14-8-7-9-15(2)23(14)20(25)13-27-21(26)18-12-16(3)24(17(18)4)19-10-5-6-11-22-19/h5-6,10-12,14-15H,7-9,13H2,1-4H3/t14-,15-/m0/s1. The van der Waals surface area contributed by atoms with E-state index in [0.717, 1.165) is 36.5 Å². The average molecular weight is 369 g/mol. The lowest BCUT2D eigenvalue weighted by molar-refractivity contribution is -0.140. The predicted octanol–water partition coefficient (Wildman–Crippen LogP) is 3.44. The van der Waals surface area contributed by atoms with Gasteiger partial charge in [-0.25, -0.2) is 9.78 Å². The number of hydrogen-bond donors (Lipinski definition) is 0. The molecule has 27 heavy (non-hydrogen) atoms. The van der Waals surface area contributed by atoms with Crippen molar-refractivity contribution in [2.45, 2.75) is 59.0 Å². The van der Waals surface area contributed by atoms with Gasteiger partial charge in [0.1, 0.15) is 5.82 Å². The van der Waals surface area contributed by atoms with E-state index in [0.29, 0.717) is 5.56 Å². The lowest BCUT2D eigenvalue weighted by Crippen LogP contribution is -2.49. The summed E-state index contributed by atoms with van der Waals surface area (Å²) in [6.07, 6.45) is 4.84. The van der Waals surface area contributed by atoms with Crippen LogP contribution in [-0.2, 0) is 9.53 Å². The molecule has 0 unspecified atom stereocenters. The van der Waals surface area contributed by atoms with Crippen molar-refractivity contribution in [3.63, 3.8) is 0 Å². The summed E-state index contributed by atoms with van der Waals surface area (Å²) < 4.78 is 7.27. The van der Waals surface area contributed by atoms with E-state index in [1.807, 2.05) is 41.5 Å². The third-order valence-electron chi connectivity index (χ3n) is 5.34. The summed E-state index contributed by atoms with van der Waals surface area (Å²) in [5, 5.41) is 0. The molecular formula is C21H27N3O3. The molecule has 3 rings (SSSR count). The molecule has 3 heterocycles. The lowest BCUT2D eigenvalue weighted by atomic mass is 9.97. The highest BCUT2D eigenvalue weighted by Gasteiger charge is 2.29. The number of amides is 1. The Labute approximate surface area is 160 Å². The molecule has 1 aliphatic heterocycles. The number of ether oxygens (including phenoxy) is 1. The van der Waals surface area contributed by atoms with E-state index in [2.05, 4.69) is 18.8 Å². The summed E-state index contributed by atoms with van der Waals surface area (Å²) in [7, 11) is 0. The number of carbonyl (C=O) groups excluding carboxylic acids is 2. The second-order valence-corrected chi connectivity index (χ2v) is 7.31. The van der Waals surface area contributed by atoms with Crippen LogP contribution in [0, 0.1) is 13.8 Å². The molecule has 0 aliphatic carbocycles. The fourth-order valence-corrected chi connectivity index (χ4v) is 4.00. The molecule has 0 bridgehead atoms. The highest BCUT2D eigenvalue weighted by Crippen LogP contribution is 2.23. The molecule has 0 N–H and O–H groups in total. The van der Waals surface area contributed by atoms with Crippen molar-refractivity contribution in [3.05, 3.63) is 47.4 Å². The summed E-state index contributed by atoms with van der Waals surface area (Å²) in [4.78, 5) is 31.4. The fraction of sp³-hybridized carbons (Fsp3) is 0.476. The molecule has 0 saturated carbocycles. The van der Waals surface area contributed by atoms with Crippen molar-refractivity contribution in [1.29, 1.82) is 0 Å². The van der Waals surface area contributed by atoms with Crippen LogP contribution in [0.15, 0.2) is 30.5 Å². The van der Waals surface area contributed by atoms with Gasteiger partial charge in [0.2, 0.25) is 0 Å². The number of hydrogen-bond acceptors (Lipinski definition) is 4. The lowest BCUT2D eigenvalue weighted by Gasteiger charge is -2.38. The van der Waals surface area contributed by atoms with Crippen molar-refractivity contribution in [2.24, 2.45) is 0 Å². The Bertz CT molecular complexity index is 819. The van der Waals surface area contributed by atoms with Crippen LogP contribution in [0.5, 0.6) is 0 Å².